The van der Waals surface area contributed by atoms with Crippen molar-refractivity contribution < 1.29 is 19.1 Å². The number of hydrogen-bond acceptors (Lipinski definition) is 3. The van der Waals surface area contributed by atoms with Crippen LogP contribution in [0.1, 0.15) is 18.0 Å². The Morgan fingerprint density at radius 3 is 2.94 bits per heavy atom. The van der Waals surface area contributed by atoms with Gasteiger partial charge in [0.25, 0.3) is 0 Å². The molecule has 2 rings (SSSR count). The van der Waals surface area contributed by atoms with Crippen molar-refractivity contribution >= 4 is 23.3 Å². The fourth-order valence-corrected chi connectivity index (χ4v) is 1.78. The van der Waals surface area contributed by atoms with Gasteiger partial charge in [-0.25, -0.2) is 0 Å². The minimum absolute atomic E-state index is 0.178. The van der Waals surface area contributed by atoms with Gasteiger partial charge in [0.15, 0.2) is 0 Å². The first-order valence-corrected chi connectivity index (χ1v) is 5.10. The van der Waals surface area contributed by atoms with Crippen molar-refractivity contribution in [2.75, 3.05) is 0 Å². The van der Waals surface area contributed by atoms with Gasteiger partial charge in [0, 0.05) is 10.9 Å². The number of carbonyl (C=O) groups is 2. The average Bonchev–Trinajstić information content (AvgIpc) is 2.71. The molecule has 0 aliphatic rings. The fourth-order valence-electron chi connectivity index (χ4n) is 1.78. The van der Waals surface area contributed by atoms with Gasteiger partial charge in [0.05, 0.1) is 18.7 Å². The van der Waals surface area contributed by atoms with Gasteiger partial charge < -0.3 is 14.8 Å². The van der Waals surface area contributed by atoms with E-state index in [0.29, 0.717) is 17.6 Å². The van der Waals surface area contributed by atoms with Crippen LogP contribution in [0.25, 0.3) is 11.0 Å². The van der Waals surface area contributed by atoms with Crippen LogP contribution < -0.4 is 5.32 Å². The summed E-state index contributed by atoms with van der Waals surface area (Å²) in [4.78, 5) is 21.2. The molecule has 0 radical (unpaired) electrons. The van der Waals surface area contributed by atoms with E-state index in [1.54, 1.807) is 6.07 Å². The molecule has 88 valence electrons. The first-order valence-electron chi connectivity index (χ1n) is 5.10. The number of para-hydroxylation sites is 1. The number of fused-ring (bicyclic) bond motifs is 1. The summed E-state index contributed by atoms with van der Waals surface area (Å²) in [6, 6.07) is 6.70. The lowest BCUT2D eigenvalue weighted by Gasteiger charge is -2.11. The Hall–Kier alpha value is -2.30. The lowest BCUT2D eigenvalue weighted by Crippen LogP contribution is -2.22. The van der Waals surface area contributed by atoms with Crippen LogP contribution >= 0.6 is 0 Å². The number of nitrogens with one attached hydrogen (secondary N) is 1. The van der Waals surface area contributed by atoms with Gasteiger partial charge in [-0.1, -0.05) is 18.2 Å². The molecule has 0 spiro atoms. The highest BCUT2D eigenvalue weighted by Crippen LogP contribution is 2.27. The largest absolute Gasteiger partial charge is 0.481 e. The summed E-state index contributed by atoms with van der Waals surface area (Å²) >= 11 is 0. The Balaban J connectivity index is 2.40. The van der Waals surface area contributed by atoms with Crippen molar-refractivity contribution in [2.24, 2.45) is 0 Å². The number of benzene rings is 1. The molecule has 0 saturated heterocycles. The number of rotatable bonds is 5. The summed E-state index contributed by atoms with van der Waals surface area (Å²) in [7, 11) is 0. The monoisotopic (exact) mass is 233 g/mol. The Kier molecular flexibility index (Phi) is 3.09. The Labute approximate surface area is 97.0 Å². The second-order valence-corrected chi connectivity index (χ2v) is 3.62. The van der Waals surface area contributed by atoms with E-state index in [-0.39, 0.29) is 6.42 Å². The van der Waals surface area contributed by atoms with Gasteiger partial charge in [-0.2, -0.15) is 0 Å². The van der Waals surface area contributed by atoms with E-state index in [2.05, 4.69) is 5.32 Å². The van der Waals surface area contributed by atoms with Crippen LogP contribution in [0.4, 0.5) is 0 Å². The second-order valence-electron chi connectivity index (χ2n) is 3.62. The molecule has 0 aliphatic heterocycles. The van der Waals surface area contributed by atoms with Gasteiger partial charge in [0.1, 0.15) is 5.58 Å². The Morgan fingerprint density at radius 1 is 1.47 bits per heavy atom. The molecule has 5 nitrogen and oxygen atoms in total. The molecule has 1 aromatic carbocycles. The number of carboxylic acid groups (broad SMARTS) is 1. The van der Waals surface area contributed by atoms with Crippen LogP contribution in [-0.4, -0.2) is 17.5 Å². The molecule has 1 heterocycles. The van der Waals surface area contributed by atoms with Gasteiger partial charge in [-0.3, -0.25) is 9.59 Å². The van der Waals surface area contributed by atoms with Crippen molar-refractivity contribution in [2.45, 2.75) is 12.5 Å². The predicted octanol–water partition coefficient (Wildman–Crippen LogP) is 1.69. The van der Waals surface area contributed by atoms with Crippen LogP contribution in [0.2, 0.25) is 0 Å². The first-order chi connectivity index (χ1) is 8.22. The van der Waals surface area contributed by atoms with E-state index >= 15 is 0 Å². The van der Waals surface area contributed by atoms with E-state index in [1.165, 1.54) is 6.26 Å². The first kappa shape index (κ1) is 11.2. The SMILES string of the molecule is O=CN[C@@H](CC(=O)O)c1coc2ccccc12. The van der Waals surface area contributed by atoms with Gasteiger partial charge >= 0.3 is 5.97 Å². The quantitative estimate of drug-likeness (QED) is 0.770. The van der Waals surface area contributed by atoms with Crippen molar-refractivity contribution in [3.8, 4) is 0 Å². The van der Waals surface area contributed by atoms with Gasteiger partial charge in [0.2, 0.25) is 6.41 Å². The zero-order chi connectivity index (χ0) is 12.3. The smallest absolute Gasteiger partial charge is 0.305 e. The maximum Gasteiger partial charge on any atom is 0.305 e. The molecule has 5 heteroatoms. The van der Waals surface area contributed by atoms with E-state index in [9.17, 15) is 9.59 Å². The standard InChI is InChI=1S/C12H11NO4/c14-7-13-10(5-12(15)16)9-6-17-11-4-2-1-3-8(9)11/h1-4,6-7,10H,5H2,(H,13,14)(H,15,16)/t10-/m0/s1. The van der Waals surface area contributed by atoms with Gasteiger partial charge in [-0.05, 0) is 6.07 Å². The number of furan rings is 1. The molecular formula is C12H11NO4. The molecule has 1 aromatic heterocycles. The van der Waals surface area contributed by atoms with Crippen molar-refractivity contribution in [3.63, 3.8) is 0 Å². The number of aliphatic carboxylic acids is 1. The summed E-state index contributed by atoms with van der Waals surface area (Å²) < 4.78 is 5.31. The van der Waals surface area contributed by atoms with Crippen LogP contribution in [-0.2, 0) is 9.59 Å². The van der Waals surface area contributed by atoms with Crippen LogP contribution in [0.3, 0.4) is 0 Å². The molecule has 0 unspecified atom stereocenters. The predicted molar refractivity (Wildman–Crippen MR) is 60.4 cm³/mol. The van der Waals surface area contributed by atoms with E-state index < -0.39 is 12.0 Å². The van der Waals surface area contributed by atoms with Crippen LogP contribution in [0, 0.1) is 0 Å². The van der Waals surface area contributed by atoms with Crippen molar-refractivity contribution in [3.05, 3.63) is 36.1 Å². The minimum atomic E-state index is -0.977. The molecular weight excluding hydrogens is 222 g/mol. The molecule has 1 amide bonds. The summed E-state index contributed by atoms with van der Waals surface area (Å²) in [5.74, 6) is -0.977. The summed E-state index contributed by atoms with van der Waals surface area (Å²) in [6.45, 7) is 0. The van der Waals surface area contributed by atoms with Gasteiger partial charge in [-0.15, -0.1) is 0 Å². The topological polar surface area (TPSA) is 79.5 Å². The number of hydrogen-bond donors (Lipinski definition) is 2. The molecule has 0 fully saturated rings. The zero-order valence-electron chi connectivity index (χ0n) is 8.92. The maximum absolute atomic E-state index is 10.7. The highest BCUT2D eigenvalue weighted by Gasteiger charge is 2.19. The van der Waals surface area contributed by atoms with E-state index in [4.69, 9.17) is 9.52 Å². The zero-order valence-corrected chi connectivity index (χ0v) is 8.92. The highest BCUT2D eigenvalue weighted by molar-refractivity contribution is 5.82. The number of amides is 1. The van der Waals surface area contributed by atoms with Crippen molar-refractivity contribution in [1.29, 1.82) is 0 Å². The third-order valence-corrected chi connectivity index (χ3v) is 2.53. The molecule has 2 aromatic rings. The van der Waals surface area contributed by atoms with Crippen molar-refractivity contribution in [1.82, 2.24) is 5.32 Å². The number of carbonyl (C=O) groups excluding carboxylic acids is 1. The minimum Gasteiger partial charge on any atom is -0.481 e. The Bertz CT molecular complexity index is 546. The lowest BCUT2D eigenvalue weighted by atomic mass is 10.0. The fraction of sp³-hybridized carbons (Fsp3) is 0.167. The average molecular weight is 233 g/mol. The summed E-state index contributed by atoms with van der Waals surface area (Å²) in [5.41, 5.74) is 1.35. The lowest BCUT2D eigenvalue weighted by molar-refractivity contribution is -0.137. The Morgan fingerprint density at radius 2 is 2.24 bits per heavy atom. The molecule has 1 atom stereocenters. The normalized spacial score (nSPS) is 12.2. The highest BCUT2D eigenvalue weighted by atomic mass is 16.4. The van der Waals surface area contributed by atoms with Crippen LogP contribution in [0.15, 0.2) is 34.9 Å². The third kappa shape index (κ3) is 2.28. The molecule has 0 saturated carbocycles. The number of carboxylic acids is 1. The summed E-state index contributed by atoms with van der Waals surface area (Å²) in [6.07, 6.45) is 1.80. The molecule has 0 bridgehead atoms. The van der Waals surface area contributed by atoms with E-state index in [1.807, 2.05) is 18.2 Å². The maximum atomic E-state index is 10.7. The summed E-state index contributed by atoms with van der Waals surface area (Å²) in [5, 5.41) is 12.1. The third-order valence-electron chi connectivity index (χ3n) is 2.53. The molecule has 0 aliphatic carbocycles. The molecule has 17 heavy (non-hydrogen) atoms. The van der Waals surface area contributed by atoms with E-state index in [0.717, 1.165) is 5.39 Å². The molecule has 2 N–H and O–H groups in total. The van der Waals surface area contributed by atoms with Crippen LogP contribution in [0.5, 0.6) is 0 Å². The second kappa shape index (κ2) is 4.69.